The van der Waals surface area contributed by atoms with Crippen molar-refractivity contribution in [2.45, 2.75) is 37.5 Å². The van der Waals surface area contributed by atoms with E-state index in [1.165, 1.54) is 0 Å². The molecule has 1 unspecified atom stereocenters. The Balaban J connectivity index is 3.10. The fourth-order valence-electron chi connectivity index (χ4n) is 1.79. The molecule has 124 valence electrons. The fraction of sp³-hybridized carbons (Fsp3) is 0.889. The summed E-state index contributed by atoms with van der Waals surface area (Å²) < 4.78 is 121. The molecule has 0 saturated carbocycles. The Hall–Kier alpha value is -1.36. The number of halogens is 9. The highest BCUT2D eigenvalue weighted by Gasteiger charge is 2.82. The summed E-state index contributed by atoms with van der Waals surface area (Å²) in [6.45, 7) is -0.706. The summed E-state index contributed by atoms with van der Waals surface area (Å²) in [7, 11) is 0. The van der Waals surface area contributed by atoms with Crippen molar-refractivity contribution in [3.8, 4) is 0 Å². The molecular formula is C9H7F9O3. The largest absolute Gasteiger partial charge is 0.508 e. The first-order chi connectivity index (χ1) is 9.22. The van der Waals surface area contributed by atoms with Crippen molar-refractivity contribution in [2.24, 2.45) is 5.41 Å². The van der Waals surface area contributed by atoms with Crippen molar-refractivity contribution in [1.29, 1.82) is 0 Å². The van der Waals surface area contributed by atoms with Crippen LogP contribution in [0.25, 0.3) is 0 Å². The van der Waals surface area contributed by atoms with Gasteiger partial charge in [0.1, 0.15) is 12.7 Å². The van der Waals surface area contributed by atoms with Gasteiger partial charge in [0.2, 0.25) is 0 Å². The maximum absolute atomic E-state index is 12.5. The third-order valence-electron chi connectivity index (χ3n) is 2.94. The molecule has 0 spiro atoms. The first-order valence-electron chi connectivity index (χ1n) is 5.26. The molecule has 0 aromatic carbocycles. The van der Waals surface area contributed by atoms with Gasteiger partial charge in [-0.15, -0.1) is 0 Å². The minimum Gasteiger partial charge on any atom is -0.430 e. The van der Waals surface area contributed by atoms with Gasteiger partial charge in [0.05, 0.1) is 0 Å². The van der Waals surface area contributed by atoms with Gasteiger partial charge in [-0.05, 0) is 12.8 Å². The zero-order valence-corrected chi connectivity index (χ0v) is 9.83. The molecule has 1 aliphatic heterocycles. The summed E-state index contributed by atoms with van der Waals surface area (Å²) in [6.07, 6.45) is -26.4. The Bertz CT molecular complexity index is 359. The van der Waals surface area contributed by atoms with Crippen LogP contribution in [-0.4, -0.2) is 37.4 Å². The van der Waals surface area contributed by atoms with E-state index in [0.717, 1.165) is 0 Å². The van der Waals surface area contributed by atoms with Gasteiger partial charge in [-0.2, -0.15) is 39.5 Å². The van der Waals surface area contributed by atoms with Crippen LogP contribution in [0.3, 0.4) is 0 Å². The maximum Gasteiger partial charge on any atom is 0.508 e. The minimum atomic E-state index is -6.60. The molecule has 3 nitrogen and oxygen atoms in total. The van der Waals surface area contributed by atoms with Gasteiger partial charge >= 0.3 is 24.7 Å². The first kappa shape index (κ1) is 17.7. The number of rotatable bonds is 3. The van der Waals surface area contributed by atoms with E-state index >= 15 is 0 Å². The number of cyclic esters (lactones) is 2. The molecule has 0 N–H and O–H groups in total. The topological polar surface area (TPSA) is 35.5 Å². The van der Waals surface area contributed by atoms with Crippen LogP contribution in [0.1, 0.15) is 12.8 Å². The van der Waals surface area contributed by atoms with E-state index in [1.807, 2.05) is 0 Å². The third kappa shape index (κ3) is 3.12. The summed E-state index contributed by atoms with van der Waals surface area (Å²) >= 11 is 0. The first-order valence-corrected chi connectivity index (χ1v) is 5.26. The van der Waals surface area contributed by atoms with E-state index in [1.54, 1.807) is 0 Å². The van der Waals surface area contributed by atoms with Crippen molar-refractivity contribution in [1.82, 2.24) is 0 Å². The van der Waals surface area contributed by atoms with Gasteiger partial charge in [0.15, 0.2) is 0 Å². The molecule has 1 fully saturated rings. The van der Waals surface area contributed by atoms with E-state index in [0.29, 0.717) is 0 Å². The third-order valence-corrected chi connectivity index (χ3v) is 2.94. The lowest BCUT2D eigenvalue weighted by atomic mass is 9.79. The monoisotopic (exact) mass is 334 g/mol. The van der Waals surface area contributed by atoms with Crippen LogP contribution in [0.2, 0.25) is 0 Å². The predicted octanol–water partition coefficient (Wildman–Crippen LogP) is 3.98. The van der Waals surface area contributed by atoms with Crippen molar-refractivity contribution in [3.63, 3.8) is 0 Å². The van der Waals surface area contributed by atoms with Crippen molar-refractivity contribution >= 4 is 6.16 Å². The van der Waals surface area contributed by atoms with Crippen molar-refractivity contribution in [3.05, 3.63) is 0 Å². The molecule has 0 amide bonds. The second-order valence-corrected chi connectivity index (χ2v) is 4.24. The summed E-state index contributed by atoms with van der Waals surface area (Å²) in [6, 6.07) is 0. The molecule has 0 radical (unpaired) electrons. The lowest BCUT2D eigenvalue weighted by Crippen LogP contribution is -2.59. The number of hydrogen-bond acceptors (Lipinski definition) is 3. The van der Waals surface area contributed by atoms with Crippen LogP contribution in [0.4, 0.5) is 44.3 Å². The van der Waals surface area contributed by atoms with Gasteiger partial charge in [-0.25, -0.2) is 4.79 Å². The summed E-state index contributed by atoms with van der Waals surface area (Å²) in [5.74, 6) is 0. The van der Waals surface area contributed by atoms with Crippen LogP contribution in [0.5, 0.6) is 0 Å². The number of hydrogen-bond donors (Lipinski definition) is 0. The Morgan fingerprint density at radius 3 is 1.62 bits per heavy atom. The van der Waals surface area contributed by atoms with E-state index in [9.17, 15) is 44.3 Å². The van der Waals surface area contributed by atoms with Gasteiger partial charge in [-0.3, -0.25) is 0 Å². The molecule has 21 heavy (non-hydrogen) atoms. The second kappa shape index (κ2) is 5.13. The quantitative estimate of drug-likeness (QED) is 0.579. The Morgan fingerprint density at radius 2 is 1.33 bits per heavy atom. The standard InChI is InChI=1S/C9H7F9O3/c10-7(11,12)6(8(13,14)15,9(16,17)18)2-1-4-3-20-5(19)21-4/h4H,1-3H2. The highest BCUT2D eigenvalue weighted by molar-refractivity contribution is 5.61. The van der Waals surface area contributed by atoms with Crippen LogP contribution < -0.4 is 0 Å². The molecule has 1 heterocycles. The van der Waals surface area contributed by atoms with E-state index in [4.69, 9.17) is 0 Å². The van der Waals surface area contributed by atoms with Crippen LogP contribution in [-0.2, 0) is 9.47 Å². The van der Waals surface area contributed by atoms with E-state index in [2.05, 4.69) is 9.47 Å². The number of carbonyl (C=O) groups excluding carboxylic acids is 1. The molecule has 1 rings (SSSR count). The summed E-state index contributed by atoms with van der Waals surface area (Å²) in [5, 5.41) is 0. The second-order valence-electron chi connectivity index (χ2n) is 4.24. The number of ether oxygens (including phenoxy) is 2. The molecular weight excluding hydrogens is 327 g/mol. The molecule has 0 aromatic heterocycles. The normalized spacial score (nSPS) is 21.2. The molecule has 1 saturated heterocycles. The van der Waals surface area contributed by atoms with Gasteiger partial charge < -0.3 is 9.47 Å². The van der Waals surface area contributed by atoms with Crippen molar-refractivity contribution < 1.29 is 53.8 Å². The highest BCUT2D eigenvalue weighted by Crippen LogP contribution is 2.61. The Labute approximate surface area is 111 Å². The van der Waals surface area contributed by atoms with Gasteiger partial charge in [-0.1, -0.05) is 0 Å². The number of carbonyl (C=O) groups is 1. The zero-order valence-electron chi connectivity index (χ0n) is 9.83. The fourth-order valence-corrected chi connectivity index (χ4v) is 1.79. The smallest absolute Gasteiger partial charge is 0.430 e. The lowest BCUT2D eigenvalue weighted by molar-refractivity contribution is -0.429. The average Bonchev–Trinajstić information content (AvgIpc) is 2.58. The van der Waals surface area contributed by atoms with E-state index in [-0.39, 0.29) is 0 Å². The van der Waals surface area contributed by atoms with Gasteiger partial charge in [0.25, 0.3) is 5.41 Å². The van der Waals surface area contributed by atoms with Gasteiger partial charge in [0, 0.05) is 0 Å². The summed E-state index contributed by atoms with van der Waals surface area (Å²) in [5.41, 5.74) is -5.89. The molecule has 12 heteroatoms. The highest BCUT2D eigenvalue weighted by atomic mass is 19.4. The van der Waals surface area contributed by atoms with Crippen LogP contribution in [0, 0.1) is 5.41 Å². The Kier molecular flexibility index (Phi) is 4.32. The van der Waals surface area contributed by atoms with Crippen LogP contribution >= 0.6 is 0 Å². The summed E-state index contributed by atoms with van der Waals surface area (Å²) in [4.78, 5) is 10.5. The molecule has 1 aliphatic rings. The molecule has 0 aliphatic carbocycles. The molecule has 0 bridgehead atoms. The minimum absolute atomic E-state index is 0.706. The van der Waals surface area contributed by atoms with Crippen LogP contribution in [0.15, 0.2) is 0 Å². The predicted molar refractivity (Wildman–Crippen MR) is 46.1 cm³/mol. The Morgan fingerprint density at radius 1 is 0.905 bits per heavy atom. The number of alkyl halides is 9. The SMILES string of the molecule is O=C1OCC(CCC(C(F)(F)F)(C(F)(F)F)C(F)(F)F)O1. The van der Waals surface area contributed by atoms with E-state index < -0.39 is 55.7 Å². The molecule has 1 atom stereocenters. The molecule has 0 aromatic rings. The van der Waals surface area contributed by atoms with Crippen molar-refractivity contribution in [2.75, 3.05) is 6.61 Å². The maximum atomic E-state index is 12.5. The lowest BCUT2D eigenvalue weighted by Gasteiger charge is -2.38. The average molecular weight is 334 g/mol. The zero-order chi connectivity index (χ0) is 16.7.